The van der Waals surface area contributed by atoms with E-state index in [4.69, 9.17) is 16.8 Å². The van der Waals surface area contributed by atoms with Gasteiger partial charge in [-0.1, -0.05) is 25.4 Å². The molecule has 0 spiro atoms. The van der Waals surface area contributed by atoms with E-state index in [-0.39, 0.29) is 0 Å². The smallest absolute Gasteiger partial charge is 0.161 e. The van der Waals surface area contributed by atoms with E-state index in [1.807, 2.05) is 13.8 Å². The minimum absolute atomic E-state index is 0.681. The Hall–Kier alpha value is -0.570. The molecule has 0 fully saturated rings. The first-order valence-electron chi connectivity index (χ1n) is 3.56. The van der Waals surface area contributed by atoms with Crippen molar-refractivity contribution in [3.05, 3.63) is 29.3 Å². The Labute approximate surface area is 71.8 Å². The van der Waals surface area contributed by atoms with Gasteiger partial charge in [-0.15, -0.1) is 0 Å². The van der Waals surface area contributed by atoms with Crippen molar-refractivity contribution in [2.24, 2.45) is 0 Å². The van der Waals surface area contributed by atoms with Gasteiger partial charge in [0.05, 0.1) is 0 Å². The van der Waals surface area contributed by atoms with Gasteiger partial charge in [0.25, 0.3) is 0 Å². The van der Waals surface area contributed by atoms with Gasteiger partial charge in [0.1, 0.15) is 0 Å². The second kappa shape index (κ2) is 6.16. The van der Waals surface area contributed by atoms with Gasteiger partial charge in [-0.2, -0.15) is 5.48 Å². The second-order valence-corrected chi connectivity index (χ2v) is 2.12. The van der Waals surface area contributed by atoms with Crippen LogP contribution in [-0.2, 0) is 0 Å². The lowest BCUT2D eigenvalue weighted by atomic mass is 10.3. The van der Waals surface area contributed by atoms with Gasteiger partial charge in [-0.05, 0) is 12.1 Å². The molecule has 0 aliphatic heterocycles. The van der Waals surface area contributed by atoms with E-state index in [9.17, 15) is 0 Å². The van der Waals surface area contributed by atoms with Gasteiger partial charge in [0, 0.05) is 17.2 Å². The maximum absolute atomic E-state index is 8.46. The zero-order valence-electron chi connectivity index (χ0n) is 6.71. The number of halogens is 1. The minimum atomic E-state index is 0.681. The molecule has 0 aliphatic carbocycles. The molecule has 0 saturated heterocycles. The predicted octanol–water partition coefficient (Wildman–Crippen LogP) is 1.95. The summed E-state index contributed by atoms with van der Waals surface area (Å²) >= 11 is 5.57. The topological polar surface area (TPSA) is 36.8 Å². The molecule has 0 saturated carbocycles. The Morgan fingerprint density at radius 1 is 1.18 bits per heavy atom. The monoisotopic (exact) mass is 174 g/mol. The van der Waals surface area contributed by atoms with Gasteiger partial charge in [-0.3, -0.25) is 0 Å². The highest BCUT2D eigenvalue weighted by Gasteiger charge is 1.91. The molecule has 2 nitrogen and oxygen atoms in total. The predicted molar refractivity (Wildman–Crippen MR) is 46.2 cm³/mol. The van der Waals surface area contributed by atoms with Gasteiger partial charge in [-0.25, -0.2) is 5.21 Å². The SMILES string of the molecule is CC.O[NH2+]c1ccc(Cl)cc1. The van der Waals surface area contributed by atoms with Crippen LogP contribution in [0.5, 0.6) is 0 Å². The van der Waals surface area contributed by atoms with Crippen LogP contribution < -0.4 is 5.48 Å². The van der Waals surface area contributed by atoms with Gasteiger partial charge < -0.3 is 0 Å². The second-order valence-electron chi connectivity index (χ2n) is 1.68. The van der Waals surface area contributed by atoms with Crippen molar-refractivity contribution in [2.75, 3.05) is 0 Å². The third kappa shape index (κ3) is 3.98. The standard InChI is InChI=1S/C6H6ClNO.C2H6/c7-5-1-3-6(8-9)4-2-5;1-2/h1-4,8-9H;1-2H3/p+1. The highest BCUT2D eigenvalue weighted by molar-refractivity contribution is 6.30. The maximum Gasteiger partial charge on any atom is 0.161 e. The third-order valence-electron chi connectivity index (χ3n) is 1.02. The van der Waals surface area contributed by atoms with E-state index in [2.05, 4.69) is 0 Å². The summed E-state index contributed by atoms with van der Waals surface area (Å²) in [6.07, 6.45) is 0. The first-order chi connectivity index (χ1) is 5.33. The van der Waals surface area contributed by atoms with Crippen LogP contribution in [0.15, 0.2) is 24.3 Å². The lowest BCUT2D eigenvalue weighted by molar-refractivity contribution is -0.825. The maximum atomic E-state index is 8.46. The Balaban J connectivity index is 0.000000461. The first kappa shape index (κ1) is 10.4. The number of quaternary nitrogens is 1. The third-order valence-corrected chi connectivity index (χ3v) is 1.27. The Kier molecular flexibility index (Phi) is 5.84. The molecule has 0 amide bonds. The number of hydrogen-bond acceptors (Lipinski definition) is 1. The number of hydrogen-bond donors (Lipinski definition) is 2. The van der Waals surface area contributed by atoms with Crippen LogP contribution in [0.3, 0.4) is 0 Å². The average Bonchev–Trinajstić information content (AvgIpc) is 2.10. The number of benzene rings is 1. The highest BCUT2D eigenvalue weighted by atomic mass is 35.5. The zero-order chi connectivity index (χ0) is 8.69. The van der Waals surface area contributed by atoms with Crippen molar-refractivity contribution in [1.29, 1.82) is 0 Å². The Bertz CT molecular complexity index is 186. The summed E-state index contributed by atoms with van der Waals surface area (Å²) in [5.41, 5.74) is 1.80. The quantitative estimate of drug-likeness (QED) is 0.496. The van der Waals surface area contributed by atoms with E-state index in [1.165, 1.54) is 0 Å². The van der Waals surface area contributed by atoms with E-state index in [0.717, 1.165) is 11.2 Å². The van der Waals surface area contributed by atoms with Crippen LogP contribution >= 0.6 is 11.6 Å². The van der Waals surface area contributed by atoms with Crippen molar-refractivity contribution >= 4 is 17.3 Å². The van der Waals surface area contributed by atoms with Gasteiger partial charge in [0.2, 0.25) is 0 Å². The number of rotatable bonds is 1. The van der Waals surface area contributed by atoms with Crippen molar-refractivity contribution in [3.63, 3.8) is 0 Å². The largest absolute Gasteiger partial charge is 0.215 e. The van der Waals surface area contributed by atoms with Crippen molar-refractivity contribution in [1.82, 2.24) is 0 Å². The lowest BCUT2D eigenvalue weighted by Crippen LogP contribution is -2.73. The highest BCUT2D eigenvalue weighted by Crippen LogP contribution is 2.08. The van der Waals surface area contributed by atoms with Gasteiger partial charge in [0.15, 0.2) is 5.69 Å². The van der Waals surface area contributed by atoms with Crippen LogP contribution in [-0.4, -0.2) is 5.21 Å². The summed E-state index contributed by atoms with van der Waals surface area (Å²) < 4.78 is 0. The summed E-state index contributed by atoms with van der Waals surface area (Å²) in [7, 11) is 0. The van der Waals surface area contributed by atoms with E-state index in [1.54, 1.807) is 24.3 Å². The Morgan fingerprint density at radius 3 is 2.00 bits per heavy atom. The molecule has 0 heterocycles. The summed E-state index contributed by atoms with van der Waals surface area (Å²) in [5.74, 6) is 0. The summed E-state index contributed by atoms with van der Waals surface area (Å²) in [6, 6.07) is 6.93. The van der Waals surface area contributed by atoms with Crippen LogP contribution in [0.2, 0.25) is 5.02 Å². The van der Waals surface area contributed by atoms with Crippen LogP contribution in [0.25, 0.3) is 0 Å². The van der Waals surface area contributed by atoms with E-state index >= 15 is 0 Å². The zero-order valence-corrected chi connectivity index (χ0v) is 7.47. The molecule has 0 atom stereocenters. The average molecular weight is 175 g/mol. The fourth-order valence-corrected chi connectivity index (χ4v) is 0.675. The normalized spacial score (nSPS) is 8.36. The van der Waals surface area contributed by atoms with E-state index in [0.29, 0.717) is 5.02 Å². The molecule has 0 unspecified atom stereocenters. The fourth-order valence-electron chi connectivity index (χ4n) is 0.549. The van der Waals surface area contributed by atoms with Crippen LogP contribution in [0.4, 0.5) is 5.69 Å². The molecule has 1 aromatic rings. The molecule has 1 rings (SSSR count). The Morgan fingerprint density at radius 2 is 1.64 bits per heavy atom. The summed E-state index contributed by atoms with van der Waals surface area (Å²) in [6.45, 7) is 4.00. The molecule has 62 valence electrons. The molecule has 0 radical (unpaired) electrons. The fraction of sp³-hybridized carbons (Fsp3) is 0.250. The molecule has 0 bridgehead atoms. The first-order valence-corrected chi connectivity index (χ1v) is 3.94. The van der Waals surface area contributed by atoms with Crippen molar-refractivity contribution in [3.8, 4) is 0 Å². The molecular formula is C8H13ClNO+. The summed E-state index contributed by atoms with van der Waals surface area (Å²) in [5, 5.41) is 9.14. The molecule has 0 aliphatic rings. The lowest BCUT2D eigenvalue weighted by Gasteiger charge is -1.89. The number of nitrogens with two attached hydrogens (primary N) is 1. The molecule has 3 N–H and O–H groups in total. The minimum Gasteiger partial charge on any atom is -0.215 e. The molecule has 3 heteroatoms. The van der Waals surface area contributed by atoms with Crippen molar-refractivity contribution in [2.45, 2.75) is 13.8 Å². The van der Waals surface area contributed by atoms with E-state index < -0.39 is 0 Å². The molecule has 11 heavy (non-hydrogen) atoms. The van der Waals surface area contributed by atoms with Crippen molar-refractivity contribution < 1.29 is 10.7 Å². The van der Waals surface area contributed by atoms with Crippen LogP contribution in [0, 0.1) is 0 Å². The van der Waals surface area contributed by atoms with Gasteiger partial charge >= 0.3 is 0 Å². The summed E-state index contributed by atoms with van der Waals surface area (Å²) in [4.78, 5) is 0. The molecular weight excluding hydrogens is 162 g/mol. The van der Waals surface area contributed by atoms with Crippen LogP contribution in [0.1, 0.15) is 13.8 Å². The molecule has 1 aromatic carbocycles. The molecule has 0 aromatic heterocycles.